The van der Waals surface area contributed by atoms with Crippen LogP contribution in [0.4, 0.5) is 4.79 Å². The molecule has 0 saturated heterocycles. The van der Waals surface area contributed by atoms with Crippen molar-refractivity contribution < 1.29 is 15.0 Å². The van der Waals surface area contributed by atoms with Gasteiger partial charge in [0.25, 0.3) is 0 Å². The van der Waals surface area contributed by atoms with Crippen molar-refractivity contribution >= 4 is 51.6 Å². The van der Waals surface area contributed by atoms with E-state index in [0.29, 0.717) is 0 Å². The topological polar surface area (TPSA) is 57.5 Å². The number of carbonyl (C=O) groups is 1. The normalized spacial score (nSPS) is 4.43. The van der Waals surface area contributed by atoms with Crippen LogP contribution < -0.4 is 0 Å². The summed E-state index contributed by atoms with van der Waals surface area (Å²) in [5.41, 5.74) is 0. The SMILES string of the molecule is O=C(O)O.[LiH].[Li][Cl]. The van der Waals surface area contributed by atoms with Crippen molar-refractivity contribution in [3.8, 4) is 0 Å². The molecule has 0 unspecified atom stereocenters. The van der Waals surface area contributed by atoms with Gasteiger partial charge in [0.15, 0.2) is 0 Å². The molecular weight excluding hydrogens is 109 g/mol. The van der Waals surface area contributed by atoms with Crippen LogP contribution in [0.2, 0.25) is 0 Å². The summed E-state index contributed by atoms with van der Waals surface area (Å²) in [6, 6.07) is 0. The van der Waals surface area contributed by atoms with E-state index in [1.807, 2.05) is 0 Å². The molecule has 0 radical (unpaired) electrons. The van der Waals surface area contributed by atoms with Crippen molar-refractivity contribution in [3.63, 3.8) is 0 Å². The molecule has 34 valence electrons. The van der Waals surface area contributed by atoms with E-state index in [1.54, 1.807) is 0 Å². The third kappa shape index (κ3) is 268. The average molecular weight is 112 g/mol. The quantitative estimate of drug-likeness (QED) is 0.430. The van der Waals surface area contributed by atoms with Crippen molar-refractivity contribution in [2.75, 3.05) is 0 Å². The predicted octanol–water partition coefficient (Wildman–Crippen LogP) is -0.117. The molecule has 0 spiro atoms. The molecule has 6 heteroatoms. The van der Waals surface area contributed by atoms with E-state index < -0.39 is 6.16 Å². The molecule has 0 bridgehead atoms. The molecule has 0 amide bonds. The van der Waals surface area contributed by atoms with Crippen LogP contribution in [-0.2, 0) is 0 Å². The second kappa shape index (κ2) is 15.9. The van der Waals surface area contributed by atoms with Crippen LogP contribution in [0.15, 0.2) is 0 Å². The zero-order valence-corrected chi connectivity index (χ0v) is 3.94. The fourth-order valence-electron chi connectivity index (χ4n) is 0. The molecule has 0 aromatic carbocycles. The van der Waals surface area contributed by atoms with Crippen molar-refractivity contribution in [2.24, 2.45) is 0 Å². The van der Waals surface area contributed by atoms with Gasteiger partial charge < -0.3 is 10.2 Å². The van der Waals surface area contributed by atoms with Gasteiger partial charge in [0.2, 0.25) is 0 Å². The van der Waals surface area contributed by atoms with Crippen LogP contribution in [0.25, 0.3) is 0 Å². The van der Waals surface area contributed by atoms with Gasteiger partial charge in [-0.1, -0.05) is 0 Å². The molecule has 2 N–H and O–H groups in total. The van der Waals surface area contributed by atoms with Gasteiger partial charge in [0, 0.05) is 0 Å². The third-order valence-electron chi connectivity index (χ3n) is 0. The summed E-state index contributed by atoms with van der Waals surface area (Å²) in [5.74, 6) is 0. The minimum absolute atomic E-state index is 0. The number of halogens is 1. The molecule has 7 heavy (non-hydrogen) atoms. The Morgan fingerprint density at radius 3 is 1.43 bits per heavy atom. The molecule has 0 atom stereocenters. The second-order valence-electron chi connectivity index (χ2n) is 0.283. The summed E-state index contributed by atoms with van der Waals surface area (Å²) in [7, 11) is 4.64. The van der Waals surface area contributed by atoms with Crippen LogP contribution in [0.3, 0.4) is 0 Å². The van der Waals surface area contributed by atoms with E-state index in [9.17, 15) is 0 Å². The molecule has 0 aromatic rings. The molecule has 0 saturated carbocycles. The molecule has 0 heterocycles. The Kier molecular flexibility index (Phi) is 35.5. The maximum atomic E-state index is 8.56. The van der Waals surface area contributed by atoms with Crippen LogP contribution in [0.1, 0.15) is 0 Å². The van der Waals surface area contributed by atoms with Crippen molar-refractivity contribution in [1.82, 2.24) is 0 Å². The minimum atomic E-state index is -1.83. The molecule has 3 nitrogen and oxygen atoms in total. The Bertz CT molecular complexity index is 35.9. The number of rotatable bonds is 0. The molecule has 0 fully saturated rings. The standard InChI is InChI=1S/CH2O3.ClH.2Li.H/c2-1(3)4;;;;/h(H2,2,3,4);1H;;;/q;;;+1;/p-1. The first-order valence-electron chi connectivity index (χ1n) is 1.03. The molecule has 0 aliphatic carbocycles. The number of carboxylic acid groups (broad SMARTS) is 2. The Hall–Kier alpha value is 0.755. The molecule has 0 rings (SSSR count). The van der Waals surface area contributed by atoms with Crippen molar-refractivity contribution in [1.29, 1.82) is 0 Å². The van der Waals surface area contributed by atoms with Gasteiger partial charge in [0.05, 0.1) is 0 Å². The van der Waals surface area contributed by atoms with Gasteiger partial charge in [-0.25, -0.2) is 4.79 Å². The van der Waals surface area contributed by atoms with Crippen LogP contribution in [0.5, 0.6) is 0 Å². The van der Waals surface area contributed by atoms with Crippen molar-refractivity contribution in [3.05, 3.63) is 0 Å². The van der Waals surface area contributed by atoms with Gasteiger partial charge in [-0.05, 0) is 0 Å². The molecule has 0 aliphatic rings. The van der Waals surface area contributed by atoms with Gasteiger partial charge in [-0.3, -0.25) is 0 Å². The summed E-state index contributed by atoms with van der Waals surface area (Å²) >= 11 is 1.47. The van der Waals surface area contributed by atoms with E-state index in [0.717, 1.165) is 0 Å². The van der Waals surface area contributed by atoms with Gasteiger partial charge in [-0.15, -0.1) is 0 Å². The van der Waals surface area contributed by atoms with Crippen molar-refractivity contribution in [2.45, 2.75) is 0 Å². The second-order valence-corrected chi connectivity index (χ2v) is 0.283. The van der Waals surface area contributed by atoms with E-state index in [4.69, 9.17) is 15.0 Å². The van der Waals surface area contributed by atoms with Crippen LogP contribution in [0, 0.1) is 0 Å². The first-order valence-corrected chi connectivity index (χ1v) is 1.79. The van der Waals surface area contributed by atoms with Gasteiger partial charge in [-0.2, -0.15) is 0 Å². The Morgan fingerprint density at radius 1 is 1.43 bits per heavy atom. The monoisotopic (exact) mass is 112 g/mol. The summed E-state index contributed by atoms with van der Waals surface area (Å²) < 4.78 is 0. The summed E-state index contributed by atoms with van der Waals surface area (Å²) in [5, 5.41) is 13.9. The average Bonchev–Trinajstić information content (AvgIpc) is 1.41. The number of hydrogen-bond donors (Lipinski definition) is 2. The summed E-state index contributed by atoms with van der Waals surface area (Å²) in [4.78, 5) is 8.56. The van der Waals surface area contributed by atoms with E-state index in [-0.39, 0.29) is 18.9 Å². The van der Waals surface area contributed by atoms with Crippen LogP contribution >= 0.6 is 9.80 Å². The van der Waals surface area contributed by atoms with Gasteiger partial charge in [0.1, 0.15) is 0 Å². The Labute approximate surface area is 66.5 Å². The molecular formula is CH3ClLi2O3. The van der Waals surface area contributed by atoms with E-state index >= 15 is 0 Å². The fraction of sp³-hybridized carbons (Fsp3) is 0. The Balaban J connectivity index is -0.0000000480. The first-order chi connectivity index (χ1) is 2.73. The number of hydrogen-bond acceptors (Lipinski definition) is 1. The fourth-order valence-corrected chi connectivity index (χ4v) is 0. The Morgan fingerprint density at radius 2 is 1.43 bits per heavy atom. The predicted molar refractivity (Wildman–Crippen MR) is 29.4 cm³/mol. The summed E-state index contributed by atoms with van der Waals surface area (Å²) in [6.45, 7) is 0. The first kappa shape index (κ1) is 15.7. The van der Waals surface area contributed by atoms with E-state index in [1.165, 1.54) is 16.7 Å². The summed E-state index contributed by atoms with van der Waals surface area (Å²) in [6.07, 6.45) is -1.83. The van der Waals surface area contributed by atoms with Crippen LogP contribution in [-0.4, -0.2) is 52.0 Å². The molecule has 0 aliphatic heterocycles. The molecule has 0 aromatic heterocycles. The zero-order chi connectivity index (χ0) is 5.58. The third-order valence-corrected chi connectivity index (χ3v) is 0. The van der Waals surface area contributed by atoms with E-state index in [2.05, 4.69) is 9.80 Å². The maximum absolute atomic E-state index is 8.56. The zero-order valence-electron chi connectivity index (χ0n) is 3.18. The van der Waals surface area contributed by atoms with Gasteiger partial charge >= 0.3 is 51.6 Å².